The van der Waals surface area contributed by atoms with E-state index >= 15 is 0 Å². The largest absolute Gasteiger partial charge is 0.366 e. The summed E-state index contributed by atoms with van der Waals surface area (Å²) in [6, 6.07) is 6.85. The summed E-state index contributed by atoms with van der Waals surface area (Å²) in [5.74, 6) is 1.79. The van der Waals surface area contributed by atoms with Crippen molar-refractivity contribution in [3.8, 4) is 0 Å². The molecule has 0 radical (unpaired) electrons. The molecule has 5 heteroatoms. The number of rotatable bonds is 5. The Bertz CT molecular complexity index is 677. The van der Waals surface area contributed by atoms with E-state index in [0.717, 1.165) is 11.5 Å². The monoisotopic (exact) mass is 325 g/mol. The van der Waals surface area contributed by atoms with Gasteiger partial charge in [0, 0.05) is 11.7 Å². The molecule has 0 unspecified atom stereocenters. The fourth-order valence-electron chi connectivity index (χ4n) is 3.34. The SMILES string of the molecule is Cc1cccc(C(C)C)c1Nc1nncc(NC2CCCCC2)n1. The van der Waals surface area contributed by atoms with Crippen LogP contribution < -0.4 is 10.6 Å². The van der Waals surface area contributed by atoms with Crippen LogP contribution >= 0.6 is 0 Å². The van der Waals surface area contributed by atoms with Gasteiger partial charge in [0.15, 0.2) is 5.82 Å². The molecule has 2 aromatic rings. The van der Waals surface area contributed by atoms with Crippen LogP contribution in [0.2, 0.25) is 0 Å². The van der Waals surface area contributed by atoms with Crippen LogP contribution in [0.4, 0.5) is 17.5 Å². The maximum atomic E-state index is 4.61. The first-order valence-electron chi connectivity index (χ1n) is 8.96. The van der Waals surface area contributed by atoms with Crippen molar-refractivity contribution >= 4 is 17.5 Å². The zero-order chi connectivity index (χ0) is 16.9. The molecule has 1 heterocycles. The number of para-hydroxylation sites is 1. The number of nitrogens with zero attached hydrogens (tertiary/aromatic N) is 3. The molecular weight excluding hydrogens is 298 g/mol. The fourth-order valence-corrected chi connectivity index (χ4v) is 3.34. The summed E-state index contributed by atoms with van der Waals surface area (Å²) in [7, 11) is 0. The Balaban J connectivity index is 1.77. The third-order valence-electron chi connectivity index (χ3n) is 4.68. The Labute approximate surface area is 144 Å². The van der Waals surface area contributed by atoms with Gasteiger partial charge in [-0.05, 0) is 36.8 Å². The van der Waals surface area contributed by atoms with E-state index in [1.165, 1.54) is 43.2 Å². The highest BCUT2D eigenvalue weighted by atomic mass is 15.3. The summed E-state index contributed by atoms with van der Waals surface area (Å²) in [6.45, 7) is 6.49. The van der Waals surface area contributed by atoms with Crippen molar-refractivity contribution in [2.45, 2.75) is 64.8 Å². The molecule has 0 amide bonds. The zero-order valence-electron chi connectivity index (χ0n) is 14.8. The molecule has 0 saturated heterocycles. The van der Waals surface area contributed by atoms with Crippen LogP contribution in [-0.2, 0) is 0 Å². The van der Waals surface area contributed by atoms with Gasteiger partial charge in [-0.1, -0.05) is 51.3 Å². The zero-order valence-corrected chi connectivity index (χ0v) is 14.8. The lowest BCUT2D eigenvalue weighted by molar-refractivity contribution is 0.461. The first-order valence-corrected chi connectivity index (χ1v) is 8.96. The van der Waals surface area contributed by atoms with Crippen LogP contribution in [0.25, 0.3) is 0 Å². The molecule has 128 valence electrons. The Morgan fingerprint density at radius 3 is 2.67 bits per heavy atom. The number of hydrogen-bond donors (Lipinski definition) is 2. The van der Waals surface area contributed by atoms with E-state index in [4.69, 9.17) is 0 Å². The average Bonchev–Trinajstić information content (AvgIpc) is 2.58. The Morgan fingerprint density at radius 2 is 1.92 bits per heavy atom. The van der Waals surface area contributed by atoms with E-state index in [9.17, 15) is 0 Å². The Kier molecular flexibility index (Phi) is 5.28. The summed E-state index contributed by atoms with van der Waals surface area (Å²) in [5, 5.41) is 15.2. The third kappa shape index (κ3) is 4.02. The normalized spacial score (nSPS) is 15.5. The standard InChI is InChI=1S/C19H27N5/c1-13(2)16-11-7-8-14(3)18(16)23-19-22-17(12-20-24-19)21-15-9-5-4-6-10-15/h7-8,11-13,15H,4-6,9-10H2,1-3H3,(H2,21,22,23,24). The molecule has 0 aliphatic heterocycles. The Morgan fingerprint density at radius 1 is 1.12 bits per heavy atom. The lowest BCUT2D eigenvalue weighted by atomic mass is 9.96. The lowest BCUT2D eigenvalue weighted by Gasteiger charge is -2.23. The molecule has 0 atom stereocenters. The lowest BCUT2D eigenvalue weighted by Crippen LogP contribution is -2.23. The number of aromatic nitrogens is 3. The molecule has 1 fully saturated rings. The fraction of sp³-hybridized carbons (Fsp3) is 0.526. The molecule has 1 aliphatic carbocycles. The maximum Gasteiger partial charge on any atom is 0.249 e. The van der Waals surface area contributed by atoms with Crippen molar-refractivity contribution in [1.29, 1.82) is 0 Å². The van der Waals surface area contributed by atoms with Gasteiger partial charge in [-0.3, -0.25) is 0 Å². The van der Waals surface area contributed by atoms with Gasteiger partial charge < -0.3 is 10.6 Å². The van der Waals surface area contributed by atoms with Crippen LogP contribution in [0, 0.1) is 6.92 Å². The van der Waals surface area contributed by atoms with Gasteiger partial charge in [0.05, 0.1) is 6.20 Å². The van der Waals surface area contributed by atoms with Gasteiger partial charge in [-0.15, -0.1) is 5.10 Å². The number of nitrogens with one attached hydrogen (secondary N) is 2. The van der Waals surface area contributed by atoms with Crippen molar-refractivity contribution in [3.63, 3.8) is 0 Å². The number of hydrogen-bond acceptors (Lipinski definition) is 5. The van der Waals surface area contributed by atoms with Gasteiger partial charge in [-0.25, -0.2) is 0 Å². The molecule has 24 heavy (non-hydrogen) atoms. The highest BCUT2D eigenvalue weighted by Gasteiger charge is 2.15. The molecule has 0 bridgehead atoms. The maximum absolute atomic E-state index is 4.61. The molecule has 1 saturated carbocycles. The number of benzene rings is 1. The van der Waals surface area contributed by atoms with Crippen molar-refractivity contribution in [1.82, 2.24) is 15.2 Å². The average molecular weight is 325 g/mol. The van der Waals surface area contributed by atoms with E-state index in [2.05, 4.69) is 64.8 Å². The predicted octanol–water partition coefficient (Wildman–Crippen LogP) is 4.79. The summed E-state index contributed by atoms with van der Waals surface area (Å²) in [5.41, 5.74) is 3.55. The second-order valence-corrected chi connectivity index (χ2v) is 6.96. The van der Waals surface area contributed by atoms with Gasteiger partial charge in [0.1, 0.15) is 0 Å². The minimum Gasteiger partial charge on any atom is -0.366 e. The van der Waals surface area contributed by atoms with Crippen molar-refractivity contribution < 1.29 is 0 Å². The van der Waals surface area contributed by atoms with Crippen LogP contribution in [0.3, 0.4) is 0 Å². The first-order chi connectivity index (χ1) is 11.6. The summed E-state index contributed by atoms with van der Waals surface area (Å²) in [4.78, 5) is 4.61. The van der Waals surface area contributed by atoms with E-state index in [1.807, 2.05) is 0 Å². The molecule has 3 rings (SSSR count). The molecular formula is C19H27N5. The topological polar surface area (TPSA) is 62.7 Å². The van der Waals surface area contributed by atoms with Crippen molar-refractivity contribution in [2.24, 2.45) is 0 Å². The van der Waals surface area contributed by atoms with Gasteiger partial charge in [-0.2, -0.15) is 10.1 Å². The molecule has 1 aliphatic rings. The van der Waals surface area contributed by atoms with Crippen molar-refractivity contribution in [2.75, 3.05) is 10.6 Å². The van der Waals surface area contributed by atoms with Gasteiger partial charge >= 0.3 is 0 Å². The van der Waals surface area contributed by atoms with E-state index in [1.54, 1.807) is 6.20 Å². The highest BCUT2D eigenvalue weighted by molar-refractivity contribution is 5.64. The second kappa shape index (κ2) is 7.60. The highest BCUT2D eigenvalue weighted by Crippen LogP contribution is 2.29. The smallest absolute Gasteiger partial charge is 0.249 e. The van der Waals surface area contributed by atoms with Crippen LogP contribution in [0.5, 0.6) is 0 Å². The van der Waals surface area contributed by atoms with Crippen molar-refractivity contribution in [3.05, 3.63) is 35.5 Å². The van der Waals surface area contributed by atoms with Gasteiger partial charge in [0.25, 0.3) is 0 Å². The number of anilines is 3. The first kappa shape index (κ1) is 16.7. The second-order valence-electron chi connectivity index (χ2n) is 6.96. The molecule has 2 N–H and O–H groups in total. The van der Waals surface area contributed by atoms with E-state index in [0.29, 0.717) is 17.9 Å². The molecule has 0 spiro atoms. The van der Waals surface area contributed by atoms with E-state index in [-0.39, 0.29) is 0 Å². The Hall–Kier alpha value is -2.17. The third-order valence-corrected chi connectivity index (χ3v) is 4.68. The molecule has 5 nitrogen and oxygen atoms in total. The number of aryl methyl sites for hydroxylation is 1. The summed E-state index contributed by atoms with van der Waals surface area (Å²) in [6.07, 6.45) is 8.06. The molecule has 1 aromatic carbocycles. The minimum atomic E-state index is 0.434. The van der Waals surface area contributed by atoms with Crippen LogP contribution in [0.1, 0.15) is 63.0 Å². The summed E-state index contributed by atoms with van der Waals surface area (Å²) < 4.78 is 0. The quantitative estimate of drug-likeness (QED) is 0.827. The van der Waals surface area contributed by atoms with Crippen LogP contribution in [-0.4, -0.2) is 21.2 Å². The van der Waals surface area contributed by atoms with Crippen LogP contribution in [0.15, 0.2) is 24.4 Å². The van der Waals surface area contributed by atoms with E-state index < -0.39 is 0 Å². The molecule has 1 aromatic heterocycles. The van der Waals surface area contributed by atoms with Gasteiger partial charge in [0.2, 0.25) is 5.95 Å². The predicted molar refractivity (Wildman–Crippen MR) is 98.9 cm³/mol. The summed E-state index contributed by atoms with van der Waals surface area (Å²) >= 11 is 0. The minimum absolute atomic E-state index is 0.434.